The first-order valence-corrected chi connectivity index (χ1v) is 7.66. The monoisotopic (exact) mass is 366 g/mol. The minimum Gasteiger partial charge on any atom is -0.339 e. The van der Waals surface area contributed by atoms with Gasteiger partial charge >= 0.3 is 6.18 Å². The third-order valence-corrected chi connectivity index (χ3v) is 4.85. The molecule has 2 aliphatic rings. The third kappa shape index (κ3) is 3.52. The van der Waals surface area contributed by atoms with Crippen LogP contribution in [0.15, 0.2) is 18.2 Å². The summed E-state index contributed by atoms with van der Waals surface area (Å²) in [6.45, 7) is 0. The molecule has 24 heavy (non-hydrogen) atoms. The predicted molar refractivity (Wildman–Crippen MR) is 83.7 cm³/mol. The van der Waals surface area contributed by atoms with Gasteiger partial charge in [-0.15, -0.1) is 12.4 Å². The van der Waals surface area contributed by atoms with Gasteiger partial charge in [-0.1, -0.05) is 6.07 Å². The smallest absolute Gasteiger partial charge is 0.339 e. The van der Waals surface area contributed by atoms with Gasteiger partial charge in [-0.05, 0) is 37.8 Å². The summed E-state index contributed by atoms with van der Waals surface area (Å²) in [5, 5.41) is 3.43. The van der Waals surface area contributed by atoms with Crippen molar-refractivity contribution in [2.24, 2.45) is 0 Å². The van der Waals surface area contributed by atoms with E-state index >= 15 is 0 Å². The minimum absolute atomic E-state index is 0. The summed E-state index contributed by atoms with van der Waals surface area (Å²) in [5.41, 5.74) is -1.92. The van der Waals surface area contributed by atoms with E-state index in [9.17, 15) is 22.4 Å². The Hall–Kier alpha value is -1.34. The number of nitrogens with one attached hydrogen (secondary N) is 1. The van der Waals surface area contributed by atoms with Crippen LogP contribution in [0.5, 0.6) is 0 Å². The van der Waals surface area contributed by atoms with E-state index in [1.165, 1.54) is 11.9 Å². The van der Waals surface area contributed by atoms with Gasteiger partial charge in [-0.25, -0.2) is 4.39 Å². The van der Waals surface area contributed by atoms with Crippen molar-refractivity contribution in [2.45, 2.75) is 50.0 Å². The standard InChI is InChI=1S/C16H18F4N2O.ClH/c1-22(11-7-9-5-6-10(8-11)21-9)15(23)12-3-2-4-13(14(12)17)16(18,19)20;/h2-4,9-11,21H,5-8H2,1H3;1H. The Morgan fingerprint density at radius 3 is 2.33 bits per heavy atom. The topological polar surface area (TPSA) is 32.3 Å². The molecule has 0 saturated carbocycles. The highest BCUT2D eigenvalue weighted by atomic mass is 35.5. The van der Waals surface area contributed by atoms with Crippen molar-refractivity contribution in [3.05, 3.63) is 35.1 Å². The van der Waals surface area contributed by atoms with Gasteiger partial charge in [0.15, 0.2) is 0 Å². The third-order valence-electron chi connectivity index (χ3n) is 4.85. The summed E-state index contributed by atoms with van der Waals surface area (Å²) in [7, 11) is 1.54. The fourth-order valence-electron chi connectivity index (χ4n) is 3.62. The highest BCUT2D eigenvalue weighted by molar-refractivity contribution is 5.94. The molecule has 134 valence electrons. The van der Waals surface area contributed by atoms with Crippen LogP contribution >= 0.6 is 12.4 Å². The molecule has 3 rings (SSSR count). The van der Waals surface area contributed by atoms with E-state index in [1.54, 1.807) is 0 Å². The molecule has 0 aromatic heterocycles. The van der Waals surface area contributed by atoms with E-state index < -0.39 is 29.0 Å². The van der Waals surface area contributed by atoms with Gasteiger partial charge < -0.3 is 10.2 Å². The fourth-order valence-corrected chi connectivity index (χ4v) is 3.62. The number of nitrogens with zero attached hydrogens (tertiary/aromatic N) is 1. The minimum atomic E-state index is -4.81. The van der Waals surface area contributed by atoms with Gasteiger partial charge in [0.05, 0.1) is 11.1 Å². The van der Waals surface area contributed by atoms with Gasteiger partial charge in [-0.2, -0.15) is 13.2 Å². The lowest BCUT2D eigenvalue weighted by Crippen LogP contribution is -2.48. The molecule has 2 bridgehead atoms. The molecule has 3 nitrogen and oxygen atoms in total. The van der Waals surface area contributed by atoms with E-state index in [-0.39, 0.29) is 18.4 Å². The summed E-state index contributed by atoms with van der Waals surface area (Å²) in [6, 6.07) is 3.42. The van der Waals surface area contributed by atoms with Crippen LogP contribution in [-0.2, 0) is 6.18 Å². The maximum Gasteiger partial charge on any atom is 0.419 e. The number of carbonyl (C=O) groups is 1. The van der Waals surface area contributed by atoms with Crippen molar-refractivity contribution in [1.82, 2.24) is 10.2 Å². The number of amides is 1. The second-order valence-electron chi connectivity index (χ2n) is 6.34. The average molecular weight is 367 g/mol. The molecule has 2 saturated heterocycles. The lowest BCUT2D eigenvalue weighted by atomic mass is 9.97. The molecule has 0 aliphatic carbocycles. The molecule has 1 amide bonds. The van der Waals surface area contributed by atoms with Gasteiger partial charge in [0.2, 0.25) is 0 Å². The SMILES string of the molecule is CN(C(=O)c1cccc(C(F)(F)F)c1F)C1CC2CCC(C1)N2.Cl. The zero-order valence-electron chi connectivity index (χ0n) is 13.1. The highest BCUT2D eigenvalue weighted by Gasteiger charge is 2.39. The average Bonchev–Trinajstić information content (AvgIpc) is 2.83. The van der Waals surface area contributed by atoms with Crippen molar-refractivity contribution >= 4 is 18.3 Å². The van der Waals surface area contributed by atoms with Gasteiger partial charge in [0.25, 0.3) is 5.91 Å². The van der Waals surface area contributed by atoms with Crippen molar-refractivity contribution < 1.29 is 22.4 Å². The van der Waals surface area contributed by atoms with E-state index in [0.717, 1.165) is 37.8 Å². The summed E-state index contributed by atoms with van der Waals surface area (Å²) in [6.07, 6.45) is -1.23. The van der Waals surface area contributed by atoms with Crippen LogP contribution in [0.1, 0.15) is 41.6 Å². The zero-order valence-corrected chi connectivity index (χ0v) is 13.9. The number of hydrogen-bond donors (Lipinski definition) is 1. The molecule has 2 aliphatic heterocycles. The maximum atomic E-state index is 14.1. The molecule has 2 unspecified atom stereocenters. The number of carbonyl (C=O) groups excluding carboxylic acids is 1. The van der Waals surface area contributed by atoms with Crippen LogP contribution in [0.4, 0.5) is 17.6 Å². The van der Waals surface area contributed by atoms with Crippen molar-refractivity contribution in [3.8, 4) is 0 Å². The fraction of sp³-hybridized carbons (Fsp3) is 0.562. The second-order valence-corrected chi connectivity index (χ2v) is 6.34. The maximum absolute atomic E-state index is 14.1. The number of rotatable bonds is 2. The van der Waals surface area contributed by atoms with Crippen LogP contribution in [0.25, 0.3) is 0 Å². The van der Waals surface area contributed by atoms with Crippen LogP contribution in [0.3, 0.4) is 0 Å². The summed E-state index contributed by atoms with van der Waals surface area (Å²) in [4.78, 5) is 13.9. The van der Waals surface area contributed by atoms with E-state index in [4.69, 9.17) is 0 Å². The number of halogens is 5. The normalized spacial score (nSPS) is 26.0. The van der Waals surface area contributed by atoms with Crippen LogP contribution < -0.4 is 5.32 Å². The largest absolute Gasteiger partial charge is 0.419 e. The molecule has 0 radical (unpaired) electrons. The van der Waals surface area contributed by atoms with E-state index in [1.807, 2.05) is 0 Å². The molecular formula is C16H19ClF4N2O. The predicted octanol–water partition coefficient (Wildman–Crippen LogP) is 3.62. The van der Waals surface area contributed by atoms with Gasteiger partial charge in [0.1, 0.15) is 5.82 Å². The van der Waals surface area contributed by atoms with Crippen molar-refractivity contribution in [2.75, 3.05) is 7.05 Å². The van der Waals surface area contributed by atoms with Crippen LogP contribution in [0, 0.1) is 5.82 Å². The van der Waals surface area contributed by atoms with Gasteiger partial charge in [0, 0.05) is 25.2 Å². The Kier molecular flexibility index (Phi) is 5.44. The van der Waals surface area contributed by atoms with Crippen LogP contribution in [-0.4, -0.2) is 36.0 Å². The summed E-state index contributed by atoms with van der Waals surface area (Å²) in [5.74, 6) is -2.19. The Morgan fingerprint density at radius 1 is 1.21 bits per heavy atom. The molecule has 2 heterocycles. The van der Waals surface area contributed by atoms with Crippen LogP contribution in [0.2, 0.25) is 0 Å². The summed E-state index contributed by atoms with van der Waals surface area (Å²) < 4.78 is 52.5. The number of piperidine rings is 1. The molecule has 2 fully saturated rings. The Bertz CT molecular complexity index is 611. The molecule has 1 N–H and O–H groups in total. The number of fused-ring (bicyclic) bond motifs is 2. The first-order chi connectivity index (χ1) is 10.8. The zero-order chi connectivity index (χ0) is 16.8. The molecule has 8 heteroatoms. The number of hydrogen-bond acceptors (Lipinski definition) is 2. The van der Waals surface area contributed by atoms with Gasteiger partial charge in [-0.3, -0.25) is 4.79 Å². The number of alkyl halides is 3. The first kappa shape index (κ1) is 19.0. The molecule has 1 aromatic rings. The van der Waals surface area contributed by atoms with E-state index in [0.29, 0.717) is 18.2 Å². The van der Waals surface area contributed by atoms with Crippen molar-refractivity contribution in [1.29, 1.82) is 0 Å². The Balaban J connectivity index is 0.00000208. The van der Waals surface area contributed by atoms with E-state index in [2.05, 4.69) is 5.32 Å². The summed E-state index contributed by atoms with van der Waals surface area (Å²) >= 11 is 0. The lowest BCUT2D eigenvalue weighted by molar-refractivity contribution is -0.140. The molecule has 1 aromatic carbocycles. The lowest BCUT2D eigenvalue weighted by Gasteiger charge is -2.35. The Labute approximate surface area is 143 Å². The second kappa shape index (κ2) is 6.88. The highest BCUT2D eigenvalue weighted by Crippen LogP contribution is 2.34. The number of benzene rings is 1. The molecule has 0 spiro atoms. The first-order valence-electron chi connectivity index (χ1n) is 7.66. The molecular weight excluding hydrogens is 348 g/mol. The van der Waals surface area contributed by atoms with Crippen molar-refractivity contribution in [3.63, 3.8) is 0 Å². The molecule has 2 atom stereocenters. The Morgan fingerprint density at radius 2 is 1.79 bits per heavy atom. The quantitative estimate of drug-likeness (QED) is 0.811.